The number of aryl methyl sites for hydroxylation is 1. The van der Waals surface area contributed by atoms with E-state index in [0.29, 0.717) is 6.54 Å². The molecular weight excluding hydrogens is 306 g/mol. The molecule has 0 amide bonds. The van der Waals surface area contributed by atoms with Gasteiger partial charge in [-0.1, -0.05) is 48.5 Å². The lowest BCUT2D eigenvalue weighted by atomic mass is 9.87. The van der Waals surface area contributed by atoms with E-state index in [4.69, 9.17) is 10.5 Å². The summed E-state index contributed by atoms with van der Waals surface area (Å²) in [4.78, 5) is 0. The van der Waals surface area contributed by atoms with Crippen molar-refractivity contribution in [3.63, 3.8) is 0 Å². The van der Waals surface area contributed by atoms with Crippen molar-refractivity contribution in [2.45, 2.75) is 31.9 Å². The third-order valence-electron chi connectivity index (χ3n) is 4.92. The molecule has 3 aromatic carbocycles. The van der Waals surface area contributed by atoms with E-state index in [9.17, 15) is 0 Å². The van der Waals surface area contributed by atoms with Crippen LogP contribution in [0.4, 0.5) is 0 Å². The van der Waals surface area contributed by atoms with Gasteiger partial charge in [-0.05, 0) is 71.3 Å². The predicted octanol–water partition coefficient (Wildman–Crippen LogP) is 5.27. The molecule has 126 valence electrons. The van der Waals surface area contributed by atoms with E-state index < -0.39 is 0 Å². The molecule has 0 radical (unpaired) electrons. The lowest BCUT2D eigenvalue weighted by Gasteiger charge is -2.27. The van der Waals surface area contributed by atoms with Crippen molar-refractivity contribution in [2.75, 3.05) is 0 Å². The first-order valence-corrected chi connectivity index (χ1v) is 8.97. The summed E-state index contributed by atoms with van der Waals surface area (Å²) in [6.07, 6.45) is 3.50. The molecule has 3 aromatic rings. The second-order valence-corrected chi connectivity index (χ2v) is 6.63. The van der Waals surface area contributed by atoms with Gasteiger partial charge >= 0.3 is 0 Å². The van der Waals surface area contributed by atoms with E-state index in [-0.39, 0.29) is 6.10 Å². The van der Waals surface area contributed by atoms with Crippen LogP contribution < -0.4 is 10.5 Å². The second-order valence-electron chi connectivity index (χ2n) is 6.63. The highest BCUT2D eigenvalue weighted by molar-refractivity contribution is 5.66. The molecule has 0 saturated heterocycles. The summed E-state index contributed by atoms with van der Waals surface area (Å²) in [6, 6.07) is 25.4. The number of fused-ring (bicyclic) bond motifs is 1. The van der Waals surface area contributed by atoms with E-state index in [2.05, 4.69) is 42.5 Å². The Kier molecular flexibility index (Phi) is 4.53. The molecule has 0 fully saturated rings. The standard InChI is InChI=1S/C23H23NO/c24-16-17-6-4-8-19(14-17)20-13-12-18-7-5-11-23(22(18)15-20)25-21-9-2-1-3-10-21/h1-4,6,8-10,12-15,23H,5,7,11,16,24H2. The van der Waals surface area contributed by atoms with Crippen molar-refractivity contribution in [1.82, 2.24) is 0 Å². The van der Waals surface area contributed by atoms with Crippen LogP contribution in [-0.4, -0.2) is 0 Å². The van der Waals surface area contributed by atoms with Crippen LogP contribution in [0, 0.1) is 0 Å². The minimum absolute atomic E-state index is 0.129. The maximum atomic E-state index is 6.30. The third kappa shape index (κ3) is 3.45. The van der Waals surface area contributed by atoms with Gasteiger partial charge in [0.15, 0.2) is 0 Å². The zero-order valence-electron chi connectivity index (χ0n) is 14.3. The Bertz CT molecular complexity index is 857. The van der Waals surface area contributed by atoms with Gasteiger partial charge in [-0.15, -0.1) is 0 Å². The van der Waals surface area contributed by atoms with Crippen LogP contribution in [0.15, 0.2) is 72.8 Å². The molecule has 0 aliphatic heterocycles. The van der Waals surface area contributed by atoms with Crippen LogP contribution in [0.2, 0.25) is 0 Å². The highest BCUT2D eigenvalue weighted by Crippen LogP contribution is 2.36. The third-order valence-corrected chi connectivity index (χ3v) is 4.92. The highest BCUT2D eigenvalue weighted by Gasteiger charge is 2.22. The Labute approximate surface area is 149 Å². The summed E-state index contributed by atoms with van der Waals surface area (Å²) in [5.74, 6) is 0.941. The van der Waals surface area contributed by atoms with Gasteiger partial charge in [0, 0.05) is 6.54 Å². The van der Waals surface area contributed by atoms with E-state index in [1.807, 2.05) is 30.3 Å². The number of benzene rings is 3. The number of rotatable bonds is 4. The van der Waals surface area contributed by atoms with Gasteiger partial charge in [-0.25, -0.2) is 0 Å². The smallest absolute Gasteiger partial charge is 0.124 e. The predicted molar refractivity (Wildman–Crippen MR) is 103 cm³/mol. The summed E-state index contributed by atoms with van der Waals surface area (Å²) in [5.41, 5.74) is 12.1. The maximum Gasteiger partial charge on any atom is 0.124 e. The number of nitrogens with two attached hydrogens (primary N) is 1. The van der Waals surface area contributed by atoms with Crippen LogP contribution >= 0.6 is 0 Å². The van der Waals surface area contributed by atoms with Crippen LogP contribution in [0.1, 0.15) is 35.6 Å². The van der Waals surface area contributed by atoms with E-state index in [1.54, 1.807) is 0 Å². The zero-order chi connectivity index (χ0) is 17.1. The molecule has 0 aromatic heterocycles. The summed E-state index contributed by atoms with van der Waals surface area (Å²) in [6.45, 7) is 0.568. The van der Waals surface area contributed by atoms with Crippen LogP contribution in [0.3, 0.4) is 0 Å². The maximum absolute atomic E-state index is 6.30. The molecule has 0 bridgehead atoms. The largest absolute Gasteiger partial charge is 0.486 e. The Hall–Kier alpha value is -2.58. The molecule has 2 nitrogen and oxygen atoms in total. The molecule has 2 N–H and O–H groups in total. The van der Waals surface area contributed by atoms with E-state index in [0.717, 1.165) is 24.2 Å². The molecular formula is C23H23NO. The fourth-order valence-corrected chi connectivity index (χ4v) is 3.60. The van der Waals surface area contributed by atoms with Gasteiger partial charge in [-0.2, -0.15) is 0 Å². The van der Waals surface area contributed by atoms with Gasteiger partial charge in [0.1, 0.15) is 11.9 Å². The summed E-state index contributed by atoms with van der Waals surface area (Å²) >= 11 is 0. The lowest BCUT2D eigenvalue weighted by Crippen LogP contribution is -2.15. The molecule has 0 heterocycles. The van der Waals surface area contributed by atoms with Crippen LogP contribution in [-0.2, 0) is 13.0 Å². The first-order valence-electron chi connectivity index (χ1n) is 8.97. The van der Waals surface area contributed by atoms with Crippen molar-refractivity contribution in [2.24, 2.45) is 5.73 Å². The molecule has 0 saturated carbocycles. The second kappa shape index (κ2) is 7.12. The van der Waals surface area contributed by atoms with Gasteiger partial charge < -0.3 is 10.5 Å². The molecule has 1 aliphatic rings. The van der Waals surface area contributed by atoms with Crippen LogP contribution in [0.5, 0.6) is 5.75 Å². The number of hydrogen-bond donors (Lipinski definition) is 1. The number of para-hydroxylation sites is 1. The number of ether oxygens (including phenoxy) is 1. The monoisotopic (exact) mass is 329 g/mol. The first kappa shape index (κ1) is 15.9. The average molecular weight is 329 g/mol. The van der Waals surface area contributed by atoms with Crippen molar-refractivity contribution in [1.29, 1.82) is 0 Å². The Morgan fingerprint density at radius 1 is 0.880 bits per heavy atom. The van der Waals surface area contributed by atoms with Gasteiger partial charge in [0.05, 0.1) is 0 Å². The molecule has 1 atom stereocenters. The Morgan fingerprint density at radius 3 is 2.56 bits per heavy atom. The quantitative estimate of drug-likeness (QED) is 0.708. The normalized spacial score (nSPS) is 16.3. The average Bonchev–Trinajstić information content (AvgIpc) is 2.69. The van der Waals surface area contributed by atoms with Crippen LogP contribution in [0.25, 0.3) is 11.1 Å². The fraction of sp³-hybridized carbons (Fsp3) is 0.217. The van der Waals surface area contributed by atoms with Crippen molar-refractivity contribution < 1.29 is 4.74 Å². The molecule has 1 aliphatic carbocycles. The van der Waals surface area contributed by atoms with Gasteiger partial charge in [0.2, 0.25) is 0 Å². The number of hydrogen-bond acceptors (Lipinski definition) is 2. The molecule has 1 unspecified atom stereocenters. The fourth-order valence-electron chi connectivity index (χ4n) is 3.60. The topological polar surface area (TPSA) is 35.2 Å². The summed E-state index contributed by atoms with van der Waals surface area (Å²) in [5, 5.41) is 0. The Morgan fingerprint density at radius 2 is 1.72 bits per heavy atom. The minimum Gasteiger partial charge on any atom is -0.486 e. The zero-order valence-corrected chi connectivity index (χ0v) is 14.3. The van der Waals surface area contributed by atoms with E-state index in [1.165, 1.54) is 28.7 Å². The van der Waals surface area contributed by atoms with Crippen molar-refractivity contribution >= 4 is 0 Å². The lowest BCUT2D eigenvalue weighted by molar-refractivity contribution is 0.183. The van der Waals surface area contributed by atoms with Gasteiger partial charge in [-0.3, -0.25) is 0 Å². The van der Waals surface area contributed by atoms with Crippen molar-refractivity contribution in [3.8, 4) is 16.9 Å². The molecule has 2 heteroatoms. The highest BCUT2D eigenvalue weighted by atomic mass is 16.5. The SMILES string of the molecule is NCc1cccc(-c2ccc3c(c2)C(Oc2ccccc2)CCC3)c1. The molecule has 25 heavy (non-hydrogen) atoms. The Balaban J connectivity index is 1.68. The molecule has 4 rings (SSSR count). The molecule has 0 spiro atoms. The minimum atomic E-state index is 0.129. The first-order chi connectivity index (χ1) is 12.3. The van der Waals surface area contributed by atoms with Gasteiger partial charge in [0.25, 0.3) is 0 Å². The van der Waals surface area contributed by atoms with Crippen molar-refractivity contribution in [3.05, 3.63) is 89.5 Å². The van der Waals surface area contributed by atoms with E-state index >= 15 is 0 Å². The summed E-state index contributed by atoms with van der Waals surface area (Å²) in [7, 11) is 0. The summed E-state index contributed by atoms with van der Waals surface area (Å²) < 4.78 is 6.30.